The molecule has 0 fully saturated rings. The predicted octanol–water partition coefficient (Wildman–Crippen LogP) is 3.11. The van der Waals surface area contributed by atoms with Crippen LogP contribution in [0.2, 0.25) is 5.02 Å². The zero-order valence-electron chi connectivity index (χ0n) is 7.66. The Morgan fingerprint density at radius 1 is 1.38 bits per heavy atom. The van der Waals surface area contributed by atoms with Gasteiger partial charge in [0.25, 0.3) is 0 Å². The minimum Gasteiger partial charge on any atom is -0.306 e. The highest BCUT2D eigenvalue weighted by atomic mass is 35.5. The quantitative estimate of drug-likeness (QED) is 0.682. The van der Waals surface area contributed by atoms with Gasteiger partial charge >= 0.3 is 0 Å². The van der Waals surface area contributed by atoms with Crippen molar-refractivity contribution in [1.29, 1.82) is 0 Å². The van der Waals surface area contributed by atoms with Crippen molar-refractivity contribution in [2.24, 2.45) is 0 Å². The third-order valence-corrected chi connectivity index (χ3v) is 2.54. The molecule has 0 aliphatic heterocycles. The molecule has 0 radical (unpaired) electrons. The summed E-state index contributed by atoms with van der Waals surface area (Å²) in [6.45, 7) is 4.25. The van der Waals surface area contributed by atoms with Gasteiger partial charge in [-0.3, -0.25) is 0 Å². The zero-order valence-corrected chi connectivity index (χ0v) is 8.42. The van der Waals surface area contributed by atoms with E-state index in [1.807, 2.05) is 22.9 Å². The normalized spacial score (nSPS) is 11.4. The average Bonchev–Trinajstić information content (AvgIpc) is 2.52. The Labute approximate surface area is 82.2 Å². The molecule has 0 saturated carbocycles. The van der Waals surface area contributed by atoms with E-state index in [9.17, 15) is 0 Å². The van der Waals surface area contributed by atoms with Gasteiger partial charge in [0.05, 0.1) is 5.02 Å². The molecule has 0 aliphatic carbocycles. The third-order valence-electron chi connectivity index (χ3n) is 2.16. The molecule has 2 nitrogen and oxygen atoms in total. The van der Waals surface area contributed by atoms with Gasteiger partial charge in [0.1, 0.15) is 0 Å². The minimum absolute atomic E-state index is 0.439. The lowest BCUT2D eigenvalue weighted by Crippen LogP contribution is -1.93. The van der Waals surface area contributed by atoms with Crippen molar-refractivity contribution in [2.45, 2.75) is 19.8 Å². The van der Waals surface area contributed by atoms with E-state index < -0.39 is 0 Å². The lowest BCUT2D eigenvalue weighted by molar-refractivity contribution is 0.863. The smallest absolute Gasteiger partial charge is 0.155 e. The fourth-order valence-electron chi connectivity index (χ4n) is 1.41. The molecule has 2 rings (SSSR count). The lowest BCUT2D eigenvalue weighted by atomic mass is 10.1. The number of halogens is 1. The molecule has 0 saturated heterocycles. The van der Waals surface area contributed by atoms with E-state index in [4.69, 9.17) is 11.6 Å². The average molecular weight is 195 g/mol. The van der Waals surface area contributed by atoms with Crippen LogP contribution in [0, 0.1) is 0 Å². The Morgan fingerprint density at radius 2 is 2.15 bits per heavy atom. The standard InChI is InChI=1S/C10H11ClN2/c1-7(2)8-3-5-13-6-4-12-10(13)9(8)11/h3-7H,1-2H3. The third kappa shape index (κ3) is 1.31. The molecule has 2 heterocycles. The number of pyridine rings is 1. The first kappa shape index (κ1) is 8.57. The van der Waals surface area contributed by atoms with Crippen LogP contribution in [-0.2, 0) is 0 Å². The van der Waals surface area contributed by atoms with E-state index in [0.29, 0.717) is 5.92 Å². The van der Waals surface area contributed by atoms with Crippen molar-refractivity contribution >= 4 is 17.2 Å². The predicted molar refractivity (Wildman–Crippen MR) is 54.3 cm³/mol. The van der Waals surface area contributed by atoms with Crippen molar-refractivity contribution in [3.05, 3.63) is 35.2 Å². The molecule has 0 spiro atoms. The molecule has 3 heteroatoms. The van der Waals surface area contributed by atoms with Gasteiger partial charge in [0.2, 0.25) is 0 Å². The highest BCUT2D eigenvalue weighted by molar-refractivity contribution is 6.34. The molecule has 0 N–H and O–H groups in total. The van der Waals surface area contributed by atoms with Gasteiger partial charge < -0.3 is 4.40 Å². The van der Waals surface area contributed by atoms with Crippen molar-refractivity contribution in [3.8, 4) is 0 Å². The van der Waals surface area contributed by atoms with Crippen LogP contribution in [-0.4, -0.2) is 9.38 Å². The van der Waals surface area contributed by atoms with Crippen LogP contribution in [0.4, 0.5) is 0 Å². The van der Waals surface area contributed by atoms with Crippen molar-refractivity contribution in [2.75, 3.05) is 0 Å². The van der Waals surface area contributed by atoms with Crippen LogP contribution in [0.15, 0.2) is 24.7 Å². The molecule has 2 aromatic rings. The first-order chi connectivity index (χ1) is 6.20. The van der Waals surface area contributed by atoms with Gasteiger partial charge in [-0.05, 0) is 17.5 Å². The molecule has 0 aliphatic rings. The van der Waals surface area contributed by atoms with Gasteiger partial charge in [0, 0.05) is 18.6 Å². The number of aromatic nitrogens is 2. The van der Waals surface area contributed by atoms with Crippen molar-refractivity contribution in [3.63, 3.8) is 0 Å². The van der Waals surface area contributed by atoms with E-state index in [1.165, 1.54) is 0 Å². The van der Waals surface area contributed by atoms with Gasteiger partial charge in [-0.25, -0.2) is 4.98 Å². The van der Waals surface area contributed by atoms with Crippen molar-refractivity contribution in [1.82, 2.24) is 9.38 Å². The van der Waals surface area contributed by atoms with Crippen LogP contribution < -0.4 is 0 Å². The largest absolute Gasteiger partial charge is 0.306 e. The summed E-state index contributed by atoms with van der Waals surface area (Å²) in [5, 5.41) is 0.766. The number of hydrogen-bond donors (Lipinski definition) is 0. The molecular weight excluding hydrogens is 184 g/mol. The highest BCUT2D eigenvalue weighted by Gasteiger charge is 2.08. The Balaban J connectivity index is 2.73. The maximum atomic E-state index is 6.19. The maximum absolute atomic E-state index is 6.19. The molecule has 68 valence electrons. The van der Waals surface area contributed by atoms with E-state index >= 15 is 0 Å². The molecule has 0 unspecified atom stereocenters. The number of nitrogens with zero attached hydrogens (tertiary/aromatic N) is 2. The number of rotatable bonds is 1. The Hall–Kier alpha value is -1.02. The summed E-state index contributed by atoms with van der Waals surface area (Å²) < 4.78 is 1.92. The van der Waals surface area contributed by atoms with Crippen LogP contribution in [0.25, 0.3) is 5.65 Å². The van der Waals surface area contributed by atoms with Crippen LogP contribution in [0.1, 0.15) is 25.3 Å². The summed E-state index contributed by atoms with van der Waals surface area (Å²) in [5.74, 6) is 0.439. The maximum Gasteiger partial charge on any atom is 0.155 e. The molecule has 0 aromatic carbocycles. The van der Waals surface area contributed by atoms with E-state index in [2.05, 4.69) is 18.8 Å². The molecule has 2 aromatic heterocycles. The topological polar surface area (TPSA) is 17.3 Å². The first-order valence-corrected chi connectivity index (χ1v) is 4.69. The molecule has 0 atom stereocenters. The number of hydrogen-bond acceptors (Lipinski definition) is 1. The summed E-state index contributed by atoms with van der Waals surface area (Å²) in [6, 6.07) is 2.04. The Morgan fingerprint density at radius 3 is 2.85 bits per heavy atom. The molecule has 0 amide bonds. The fourth-order valence-corrected chi connectivity index (χ4v) is 1.84. The number of imidazole rings is 1. The molecular formula is C10H11ClN2. The van der Waals surface area contributed by atoms with Crippen LogP contribution >= 0.6 is 11.6 Å². The monoisotopic (exact) mass is 194 g/mol. The first-order valence-electron chi connectivity index (χ1n) is 4.31. The summed E-state index contributed by atoms with van der Waals surface area (Å²) >= 11 is 6.19. The Kier molecular flexibility index (Phi) is 2.00. The second-order valence-electron chi connectivity index (χ2n) is 3.40. The van der Waals surface area contributed by atoms with Gasteiger partial charge in [0.15, 0.2) is 5.65 Å². The van der Waals surface area contributed by atoms with Crippen LogP contribution in [0.3, 0.4) is 0 Å². The molecule has 13 heavy (non-hydrogen) atoms. The minimum atomic E-state index is 0.439. The summed E-state index contributed by atoms with van der Waals surface area (Å²) in [7, 11) is 0. The second-order valence-corrected chi connectivity index (χ2v) is 3.78. The zero-order chi connectivity index (χ0) is 9.42. The Bertz CT molecular complexity index is 431. The summed E-state index contributed by atoms with van der Waals surface area (Å²) in [5.41, 5.74) is 1.99. The van der Waals surface area contributed by atoms with E-state index in [0.717, 1.165) is 16.2 Å². The van der Waals surface area contributed by atoms with Gasteiger partial charge in [-0.1, -0.05) is 25.4 Å². The van der Waals surface area contributed by atoms with E-state index in [1.54, 1.807) is 6.20 Å². The van der Waals surface area contributed by atoms with Crippen molar-refractivity contribution < 1.29 is 0 Å². The fraction of sp³-hybridized carbons (Fsp3) is 0.300. The SMILES string of the molecule is CC(C)c1ccn2ccnc2c1Cl. The number of fused-ring (bicyclic) bond motifs is 1. The summed E-state index contributed by atoms with van der Waals surface area (Å²) in [4.78, 5) is 4.19. The van der Waals surface area contributed by atoms with Gasteiger partial charge in [-0.15, -0.1) is 0 Å². The lowest BCUT2D eigenvalue weighted by Gasteiger charge is -2.08. The van der Waals surface area contributed by atoms with Gasteiger partial charge in [-0.2, -0.15) is 0 Å². The van der Waals surface area contributed by atoms with Crippen LogP contribution in [0.5, 0.6) is 0 Å². The molecule has 0 bridgehead atoms. The highest BCUT2D eigenvalue weighted by Crippen LogP contribution is 2.26. The van der Waals surface area contributed by atoms with E-state index in [-0.39, 0.29) is 0 Å². The summed E-state index contributed by atoms with van der Waals surface area (Å²) in [6.07, 6.45) is 5.64. The second kappa shape index (κ2) is 3.04.